The molecule has 0 saturated heterocycles. The molecule has 0 aromatic heterocycles. The fourth-order valence-corrected chi connectivity index (χ4v) is 4.57. The van der Waals surface area contributed by atoms with Gasteiger partial charge in [-0.25, -0.2) is 19.2 Å². The van der Waals surface area contributed by atoms with Crippen molar-refractivity contribution in [2.45, 2.75) is 57.8 Å². The van der Waals surface area contributed by atoms with Gasteiger partial charge >= 0.3 is 23.9 Å². The van der Waals surface area contributed by atoms with Crippen LogP contribution in [-0.2, 0) is 30.2 Å². The third-order valence-corrected chi connectivity index (χ3v) is 7.37. The van der Waals surface area contributed by atoms with Gasteiger partial charge in [-0.15, -0.1) is 0 Å². The summed E-state index contributed by atoms with van der Waals surface area (Å²) in [5.74, 6) is -0.0570. The fourth-order valence-electron chi connectivity index (χ4n) is 4.57. The van der Waals surface area contributed by atoms with Crippen LogP contribution < -0.4 is 14.2 Å². The van der Waals surface area contributed by atoms with Gasteiger partial charge in [-0.05, 0) is 118 Å². The summed E-state index contributed by atoms with van der Waals surface area (Å²) >= 11 is 0. The molecule has 3 aromatic carbocycles. The number of esters is 4. The van der Waals surface area contributed by atoms with Gasteiger partial charge in [0.15, 0.2) is 0 Å². The van der Waals surface area contributed by atoms with Crippen LogP contribution in [0.3, 0.4) is 0 Å². The van der Waals surface area contributed by atoms with Crippen LogP contribution in [0.5, 0.6) is 17.2 Å². The van der Waals surface area contributed by atoms with Gasteiger partial charge in [0.25, 0.3) is 0 Å². The molecule has 10 nitrogen and oxygen atoms in total. The zero-order chi connectivity index (χ0) is 35.8. The van der Waals surface area contributed by atoms with Crippen molar-refractivity contribution >= 4 is 23.9 Å². The van der Waals surface area contributed by atoms with Gasteiger partial charge in [-0.2, -0.15) is 0 Å². The number of rotatable bonds is 24. The maximum Gasteiger partial charge on any atom is 0.343 e. The molecule has 0 aliphatic carbocycles. The van der Waals surface area contributed by atoms with E-state index in [2.05, 4.69) is 13.2 Å². The number of unbranched alkanes of at least 4 members (excludes halogenated alkanes) is 6. The van der Waals surface area contributed by atoms with Crippen LogP contribution in [0.15, 0.2) is 98.1 Å². The van der Waals surface area contributed by atoms with E-state index in [0.29, 0.717) is 55.5 Å². The van der Waals surface area contributed by atoms with E-state index in [-0.39, 0.29) is 6.61 Å². The SMILES string of the molecule is C=CC(=O)OCCCCCCOc1ccc(CCOC(=O)c2ccc(OC(=O)c3ccc(OCCCCCCOC(=O)C=C)cc3)cc2)cc1. The van der Waals surface area contributed by atoms with Crippen molar-refractivity contribution < 1.29 is 47.6 Å². The highest BCUT2D eigenvalue weighted by Crippen LogP contribution is 2.18. The molecule has 266 valence electrons. The van der Waals surface area contributed by atoms with Crippen molar-refractivity contribution in [3.63, 3.8) is 0 Å². The molecule has 0 bridgehead atoms. The predicted molar refractivity (Wildman–Crippen MR) is 189 cm³/mol. The van der Waals surface area contributed by atoms with Crippen molar-refractivity contribution in [1.82, 2.24) is 0 Å². The molecular weight excluding hydrogens is 640 g/mol. The second-order valence-corrected chi connectivity index (χ2v) is 11.2. The predicted octanol–water partition coefficient (Wildman–Crippen LogP) is 7.64. The summed E-state index contributed by atoms with van der Waals surface area (Å²) in [6, 6.07) is 20.6. The average molecular weight is 687 g/mol. The minimum absolute atomic E-state index is 0.215. The molecule has 3 rings (SSSR count). The first-order chi connectivity index (χ1) is 24.4. The Balaban J connectivity index is 1.27. The van der Waals surface area contributed by atoms with Crippen LogP contribution in [0.25, 0.3) is 0 Å². The molecule has 3 aromatic rings. The molecule has 0 heterocycles. The molecule has 0 N–H and O–H groups in total. The molecule has 0 spiro atoms. The Morgan fingerprint density at radius 2 is 0.880 bits per heavy atom. The summed E-state index contributed by atoms with van der Waals surface area (Å²) in [5, 5.41) is 0. The van der Waals surface area contributed by atoms with E-state index < -0.39 is 23.9 Å². The zero-order valence-corrected chi connectivity index (χ0v) is 28.5. The monoisotopic (exact) mass is 686 g/mol. The number of carbonyl (C=O) groups is 4. The smallest absolute Gasteiger partial charge is 0.343 e. The molecular formula is C40H46O10. The Labute approximate surface area is 294 Å². The highest BCUT2D eigenvalue weighted by atomic mass is 16.5. The lowest BCUT2D eigenvalue weighted by atomic mass is 10.1. The summed E-state index contributed by atoms with van der Waals surface area (Å²) in [5.41, 5.74) is 1.73. The second kappa shape index (κ2) is 23.1. The topological polar surface area (TPSA) is 124 Å². The van der Waals surface area contributed by atoms with E-state index in [1.165, 1.54) is 0 Å². The Bertz CT molecular complexity index is 1490. The molecule has 0 amide bonds. The van der Waals surface area contributed by atoms with Gasteiger partial charge in [-0.3, -0.25) is 0 Å². The van der Waals surface area contributed by atoms with Gasteiger partial charge in [0.05, 0.1) is 44.2 Å². The molecule has 0 radical (unpaired) electrons. The van der Waals surface area contributed by atoms with E-state index in [1.54, 1.807) is 48.5 Å². The van der Waals surface area contributed by atoms with Crippen molar-refractivity contribution in [3.05, 3.63) is 115 Å². The Hall–Kier alpha value is -5.38. The highest BCUT2D eigenvalue weighted by molar-refractivity contribution is 5.92. The van der Waals surface area contributed by atoms with Gasteiger partial charge in [0, 0.05) is 18.6 Å². The van der Waals surface area contributed by atoms with Gasteiger partial charge < -0.3 is 28.4 Å². The maximum atomic E-state index is 12.6. The molecule has 0 unspecified atom stereocenters. The van der Waals surface area contributed by atoms with Crippen LogP contribution in [-0.4, -0.2) is 56.9 Å². The van der Waals surface area contributed by atoms with E-state index in [4.69, 9.17) is 28.4 Å². The highest BCUT2D eigenvalue weighted by Gasteiger charge is 2.12. The normalized spacial score (nSPS) is 10.4. The average Bonchev–Trinajstić information content (AvgIpc) is 3.14. The van der Waals surface area contributed by atoms with E-state index in [1.807, 2.05) is 24.3 Å². The van der Waals surface area contributed by atoms with Crippen molar-refractivity contribution in [2.24, 2.45) is 0 Å². The summed E-state index contributed by atoms with van der Waals surface area (Å²) in [4.78, 5) is 47.1. The van der Waals surface area contributed by atoms with Crippen LogP contribution in [0.4, 0.5) is 0 Å². The standard InChI is InChI=1S/C40H46O10/c1-3-37(41)47-28-11-7-5-9-26-45-34-19-13-31(14-20-34)25-30-49-39(43)32-17-23-36(24-18-32)50-40(44)33-15-21-35(22-16-33)46-27-10-6-8-12-29-48-38(42)4-2/h3-4,13-24H,1-2,5-12,25-30H2. The molecule has 0 atom stereocenters. The molecule has 50 heavy (non-hydrogen) atoms. The first-order valence-electron chi connectivity index (χ1n) is 16.9. The molecule has 0 saturated carbocycles. The van der Waals surface area contributed by atoms with Crippen LogP contribution >= 0.6 is 0 Å². The lowest BCUT2D eigenvalue weighted by molar-refractivity contribution is -0.138. The first-order valence-corrected chi connectivity index (χ1v) is 16.9. The number of benzene rings is 3. The van der Waals surface area contributed by atoms with E-state index >= 15 is 0 Å². The molecule has 10 heteroatoms. The van der Waals surface area contributed by atoms with Crippen LogP contribution in [0.1, 0.15) is 77.6 Å². The lowest BCUT2D eigenvalue weighted by Gasteiger charge is -2.09. The number of ether oxygens (including phenoxy) is 6. The Kier molecular flexibility index (Phi) is 18.0. The molecule has 0 aliphatic rings. The van der Waals surface area contributed by atoms with Crippen LogP contribution in [0, 0.1) is 0 Å². The van der Waals surface area contributed by atoms with Crippen molar-refractivity contribution in [2.75, 3.05) is 33.0 Å². The van der Waals surface area contributed by atoms with Gasteiger partial charge in [0.2, 0.25) is 0 Å². The summed E-state index contributed by atoms with van der Waals surface area (Å²) in [6.07, 6.45) is 10.1. The zero-order valence-electron chi connectivity index (χ0n) is 28.5. The minimum Gasteiger partial charge on any atom is -0.494 e. The van der Waals surface area contributed by atoms with E-state index in [9.17, 15) is 19.2 Å². The largest absolute Gasteiger partial charge is 0.494 e. The van der Waals surface area contributed by atoms with Crippen LogP contribution in [0.2, 0.25) is 0 Å². The second-order valence-electron chi connectivity index (χ2n) is 11.2. The maximum absolute atomic E-state index is 12.6. The summed E-state index contributed by atoms with van der Waals surface area (Å²) in [6.45, 7) is 8.88. The van der Waals surface area contributed by atoms with Crippen molar-refractivity contribution in [3.8, 4) is 17.2 Å². The summed E-state index contributed by atoms with van der Waals surface area (Å²) in [7, 11) is 0. The molecule has 0 aliphatic heterocycles. The third kappa shape index (κ3) is 15.7. The lowest BCUT2D eigenvalue weighted by Crippen LogP contribution is -2.10. The fraction of sp³-hybridized carbons (Fsp3) is 0.350. The number of hydrogen-bond donors (Lipinski definition) is 0. The Morgan fingerprint density at radius 3 is 1.36 bits per heavy atom. The number of carbonyl (C=O) groups excluding carboxylic acids is 4. The van der Waals surface area contributed by atoms with Gasteiger partial charge in [-0.1, -0.05) is 25.3 Å². The Morgan fingerprint density at radius 1 is 0.460 bits per heavy atom. The van der Waals surface area contributed by atoms with Gasteiger partial charge in [0.1, 0.15) is 17.2 Å². The summed E-state index contributed by atoms with van der Waals surface area (Å²) < 4.78 is 32.3. The number of hydrogen-bond acceptors (Lipinski definition) is 10. The van der Waals surface area contributed by atoms with Crippen molar-refractivity contribution in [1.29, 1.82) is 0 Å². The van der Waals surface area contributed by atoms with E-state index in [0.717, 1.165) is 74.8 Å². The minimum atomic E-state index is -0.527. The third-order valence-electron chi connectivity index (χ3n) is 7.37. The quantitative estimate of drug-likeness (QED) is 0.0305. The first kappa shape index (κ1) is 39.1. The molecule has 0 fully saturated rings.